The molecule has 0 radical (unpaired) electrons. The van der Waals surface area contributed by atoms with Crippen molar-refractivity contribution in [3.8, 4) is 12.3 Å². The number of amides is 2. The van der Waals surface area contributed by atoms with Crippen molar-refractivity contribution in [2.45, 2.75) is 51.6 Å². The monoisotopic (exact) mass is 475 g/mol. The molecule has 3 N–H and O–H groups in total. The third kappa shape index (κ3) is 4.65. The van der Waals surface area contributed by atoms with Crippen LogP contribution in [0.1, 0.15) is 49.6 Å². The van der Waals surface area contributed by atoms with Crippen LogP contribution in [-0.2, 0) is 16.0 Å². The van der Waals surface area contributed by atoms with E-state index in [1.807, 2.05) is 6.92 Å². The van der Waals surface area contributed by atoms with Crippen molar-refractivity contribution in [2.75, 3.05) is 32.1 Å². The number of aliphatic hydroxyl groups is 2. The number of thiazole rings is 1. The van der Waals surface area contributed by atoms with Gasteiger partial charge in [0.05, 0.1) is 24.9 Å². The number of aliphatic hydroxyl groups excluding tert-OH is 2. The fourth-order valence-electron chi connectivity index (χ4n) is 5.51. The fraction of sp³-hybridized carbons (Fsp3) is 0.625. The molecular weight excluding hydrogens is 442 g/mol. The molecule has 3 rings (SSSR count). The summed E-state index contributed by atoms with van der Waals surface area (Å²) in [4.78, 5) is 32.3. The van der Waals surface area contributed by atoms with E-state index in [-0.39, 0.29) is 49.3 Å². The molecule has 33 heavy (non-hydrogen) atoms. The van der Waals surface area contributed by atoms with Crippen LogP contribution in [0, 0.1) is 29.1 Å². The maximum Gasteiger partial charge on any atom is 0.413 e. The zero-order valence-electron chi connectivity index (χ0n) is 19.5. The molecule has 0 aliphatic heterocycles. The highest BCUT2D eigenvalue weighted by molar-refractivity contribution is 7.15. The quantitative estimate of drug-likeness (QED) is 0.413. The number of ether oxygens (including phenoxy) is 1. The number of hydrogen-bond acceptors (Lipinski definition) is 7. The number of nitrogens with one attached hydrogen (secondary N) is 1. The third-order valence-electron chi connectivity index (χ3n) is 7.57. The van der Waals surface area contributed by atoms with Gasteiger partial charge in [-0.3, -0.25) is 10.1 Å². The third-order valence-corrected chi connectivity index (χ3v) is 8.58. The first-order chi connectivity index (χ1) is 15.6. The lowest BCUT2D eigenvalue weighted by Gasteiger charge is -2.58. The molecule has 1 heterocycles. The van der Waals surface area contributed by atoms with Crippen LogP contribution in [0.3, 0.4) is 0 Å². The number of carbonyl (C=O) groups is 2. The lowest BCUT2D eigenvalue weighted by Crippen LogP contribution is -2.57. The molecule has 9 heteroatoms. The molecule has 8 nitrogen and oxygen atoms in total. The molecule has 1 fully saturated rings. The van der Waals surface area contributed by atoms with Crippen LogP contribution in [0.4, 0.5) is 9.93 Å². The Morgan fingerprint density at radius 2 is 2.21 bits per heavy atom. The smallest absolute Gasteiger partial charge is 0.413 e. The summed E-state index contributed by atoms with van der Waals surface area (Å²) in [6.07, 6.45) is 7.66. The Hall–Kier alpha value is -2.41. The van der Waals surface area contributed by atoms with Crippen molar-refractivity contribution in [1.82, 2.24) is 9.88 Å². The summed E-state index contributed by atoms with van der Waals surface area (Å²) in [5.41, 5.74) is -0.292. The van der Waals surface area contributed by atoms with Gasteiger partial charge in [-0.15, -0.1) is 17.8 Å². The van der Waals surface area contributed by atoms with Crippen molar-refractivity contribution in [3.05, 3.63) is 23.2 Å². The van der Waals surface area contributed by atoms with Gasteiger partial charge in [0.2, 0.25) is 5.91 Å². The number of terminal acetylenes is 1. The minimum atomic E-state index is -0.711. The van der Waals surface area contributed by atoms with Crippen LogP contribution in [0.25, 0.3) is 0 Å². The number of anilines is 1. The molecule has 0 aromatic carbocycles. The number of fused-ring (bicyclic) bond motifs is 2. The van der Waals surface area contributed by atoms with Crippen LogP contribution < -0.4 is 5.32 Å². The molecule has 1 aromatic rings. The highest BCUT2D eigenvalue weighted by atomic mass is 32.1. The zero-order chi connectivity index (χ0) is 24.4. The number of aromatic nitrogens is 1. The summed E-state index contributed by atoms with van der Waals surface area (Å²) in [7, 11) is 1.68. The summed E-state index contributed by atoms with van der Waals surface area (Å²) in [5, 5.41) is 24.2. The van der Waals surface area contributed by atoms with Crippen molar-refractivity contribution in [3.63, 3.8) is 0 Å². The van der Waals surface area contributed by atoms with Gasteiger partial charge in [0, 0.05) is 29.7 Å². The second-order valence-electron chi connectivity index (χ2n) is 9.53. The van der Waals surface area contributed by atoms with Gasteiger partial charge in [0.15, 0.2) is 5.13 Å². The van der Waals surface area contributed by atoms with Crippen LogP contribution in [0.15, 0.2) is 12.7 Å². The summed E-state index contributed by atoms with van der Waals surface area (Å²) in [5.74, 6) is 2.10. The summed E-state index contributed by atoms with van der Waals surface area (Å²) < 4.78 is 5.01. The molecule has 0 bridgehead atoms. The van der Waals surface area contributed by atoms with Crippen LogP contribution in [-0.4, -0.2) is 65.0 Å². The van der Waals surface area contributed by atoms with Gasteiger partial charge in [-0.2, -0.15) is 0 Å². The first kappa shape index (κ1) is 25.2. The average Bonchev–Trinajstić information content (AvgIpc) is 3.18. The lowest BCUT2D eigenvalue weighted by molar-refractivity contribution is -0.146. The molecule has 0 spiro atoms. The summed E-state index contributed by atoms with van der Waals surface area (Å²) >= 11 is 1.34. The number of carbonyl (C=O) groups excluding carboxylic acids is 2. The predicted octanol–water partition coefficient (Wildman–Crippen LogP) is 2.77. The van der Waals surface area contributed by atoms with E-state index in [9.17, 15) is 19.8 Å². The Balaban J connectivity index is 2.01. The van der Waals surface area contributed by atoms with E-state index in [2.05, 4.69) is 24.7 Å². The number of rotatable bonds is 7. The predicted molar refractivity (Wildman–Crippen MR) is 127 cm³/mol. The molecule has 1 saturated carbocycles. The van der Waals surface area contributed by atoms with Gasteiger partial charge in [-0.25, -0.2) is 9.78 Å². The van der Waals surface area contributed by atoms with Crippen molar-refractivity contribution in [1.29, 1.82) is 0 Å². The van der Waals surface area contributed by atoms with Gasteiger partial charge < -0.3 is 19.8 Å². The SMILES string of the molecule is C#CCN(C)C(=O)C[C@@H]1c2nc(NC(=O)OCC=C)sc2C[C@@H]2[C@](C)(CO)[C@H](O)CC[C@]21C. The van der Waals surface area contributed by atoms with Crippen molar-refractivity contribution < 1.29 is 24.5 Å². The zero-order valence-corrected chi connectivity index (χ0v) is 20.3. The maximum atomic E-state index is 13.0. The Bertz CT molecular complexity index is 956. The largest absolute Gasteiger partial charge is 0.445 e. The van der Waals surface area contributed by atoms with E-state index in [0.717, 1.165) is 10.6 Å². The van der Waals surface area contributed by atoms with Crippen LogP contribution >= 0.6 is 11.3 Å². The van der Waals surface area contributed by atoms with E-state index in [1.54, 1.807) is 7.05 Å². The van der Waals surface area contributed by atoms with Gasteiger partial charge in [0.1, 0.15) is 6.61 Å². The molecule has 0 saturated heterocycles. The number of hydrogen-bond donors (Lipinski definition) is 3. The van der Waals surface area contributed by atoms with Gasteiger partial charge in [-0.05, 0) is 30.6 Å². The van der Waals surface area contributed by atoms with E-state index < -0.39 is 17.6 Å². The number of nitrogens with zero attached hydrogens (tertiary/aromatic N) is 2. The van der Waals surface area contributed by atoms with Crippen LogP contribution in [0.2, 0.25) is 0 Å². The molecule has 2 amide bonds. The van der Waals surface area contributed by atoms with Crippen molar-refractivity contribution >= 4 is 28.5 Å². The molecule has 2 aliphatic rings. The fourth-order valence-corrected chi connectivity index (χ4v) is 6.57. The minimum Gasteiger partial charge on any atom is -0.445 e. The Morgan fingerprint density at radius 3 is 2.85 bits per heavy atom. The highest BCUT2D eigenvalue weighted by Crippen LogP contribution is 2.62. The standard InChI is InChI=1S/C24H33N3O5S/c1-6-10-27(5)19(30)12-15-20-16(33-21(25-20)26-22(31)32-11-7-2)13-17-23(15,3)9-8-18(29)24(17,4)14-28/h1,7,15,17-18,28-29H,2,8-14H2,3-5H3,(H,25,26,31)/t15-,17+,18-,23+,24+/m1/s1. The Labute approximate surface area is 199 Å². The first-order valence-electron chi connectivity index (χ1n) is 11.1. The second-order valence-corrected chi connectivity index (χ2v) is 10.6. The minimum absolute atomic E-state index is 0.0667. The van der Waals surface area contributed by atoms with E-state index >= 15 is 0 Å². The Kier molecular flexibility index (Phi) is 7.52. The first-order valence-corrected chi connectivity index (χ1v) is 11.9. The summed E-state index contributed by atoms with van der Waals surface area (Å²) in [6.45, 7) is 7.72. The molecule has 2 aliphatic carbocycles. The molecular formula is C24H33N3O5S. The van der Waals surface area contributed by atoms with Gasteiger partial charge >= 0.3 is 6.09 Å². The van der Waals surface area contributed by atoms with Gasteiger partial charge in [0.25, 0.3) is 0 Å². The maximum absolute atomic E-state index is 13.0. The van der Waals surface area contributed by atoms with Crippen molar-refractivity contribution in [2.24, 2.45) is 16.7 Å². The Morgan fingerprint density at radius 1 is 1.48 bits per heavy atom. The van der Waals surface area contributed by atoms with E-state index in [1.165, 1.54) is 22.3 Å². The summed E-state index contributed by atoms with van der Waals surface area (Å²) in [6, 6.07) is 0. The molecule has 5 atom stereocenters. The molecule has 1 aromatic heterocycles. The highest BCUT2D eigenvalue weighted by Gasteiger charge is 2.59. The van der Waals surface area contributed by atoms with Gasteiger partial charge in [-0.1, -0.05) is 32.4 Å². The second kappa shape index (κ2) is 9.84. The molecule has 180 valence electrons. The molecule has 0 unspecified atom stereocenters. The van der Waals surface area contributed by atoms with E-state index in [4.69, 9.17) is 16.1 Å². The average molecular weight is 476 g/mol. The normalized spacial score (nSPS) is 30.4. The van der Waals surface area contributed by atoms with E-state index in [0.29, 0.717) is 24.4 Å². The lowest BCUT2D eigenvalue weighted by atomic mass is 9.47. The van der Waals surface area contributed by atoms with Crippen LogP contribution in [0.5, 0.6) is 0 Å². The topological polar surface area (TPSA) is 112 Å².